The minimum absolute atomic E-state index is 0.0212. The molecule has 0 unspecified atom stereocenters. The quantitative estimate of drug-likeness (QED) is 0.164. The first kappa shape index (κ1) is 26.4. The summed E-state index contributed by atoms with van der Waals surface area (Å²) in [5.74, 6) is -0.840. The third-order valence-electron chi connectivity index (χ3n) is 6.81. The van der Waals surface area contributed by atoms with Gasteiger partial charge in [0, 0.05) is 21.8 Å². The minimum atomic E-state index is -0.277. The van der Waals surface area contributed by atoms with Crippen molar-refractivity contribution < 1.29 is 14.4 Å². The van der Waals surface area contributed by atoms with Crippen molar-refractivity contribution in [2.75, 3.05) is 10.2 Å². The molecule has 0 bridgehead atoms. The molecule has 1 aromatic rings. The normalized spacial score (nSPS) is 24.8. The van der Waals surface area contributed by atoms with Gasteiger partial charge in [0.1, 0.15) is 0 Å². The van der Waals surface area contributed by atoms with Crippen LogP contribution in [0.15, 0.2) is 24.3 Å². The van der Waals surface area contributed by atoms with Gasteiger partial charge in [-0.05, 0) is 37.5 Å². The molecule has 7 heteroatoms. The number of rotatable bonds is 12. The van der Waals surface area contributed by atoms with Crippen LogP contribution in [0.3, 0.4) is 0 Å². The fraction of sp³-hybridized carbons (Fsp3) is 0.654. The number of alkyl halides is 2. The summed E-state index contributed by atoms with van der Waals surface area (Å²) in [4.78, 5) is 40.1. The van der Waals surface area contributed by atoms with Gasteiger partial charge in [0.2, 0.25) is 17.7 Å². The Bertz CT molecular complexity index is 804. The van der Waals surface area contributed by atoms with Crippen LogP contribution in [-0.4, -0.2) is 27.4 Å². The number of unbranched alkanes of at least 4 members (excludes halogenated alkanes) is 8. The number of fused-ring (bicyclic) bond motifs is 1. The van der Waals surface area contributed by atoms with Crippen molar-refractivity contribution in [3.63, 3.8) is 0 Å². The van der Waals surface area contributed by atoms with Crippen molar-refractivity contribution >= 4 is 61.0 Å². The van der Waals surface area contributed by atoms with Gasteiger partial charge in [-0.2, -0.15) is 0 Å². The predicted molar refractivity (Wildman–Crippen MR) is 141 cm³/mol. The number of nitrogens with zero attached hydrogens (tertiary/aromatic N) is 1. The van der Waals surface area contributed by atoms with Gasteiger partial charge in [-0.25, -0.2) is 4.90 Å². The molecule has 0 spiro atoms. The van der Waals surface area contributed by atoms with Crippen molar-refractivity contribution in [2.24, 2.45) is 11.8 Å². The highest BCUT2D eigenvalue weighted by Crippen LogP contribution is 2.44. The van der Waals surface area contributed by atoms with E-state index in [1.165, 1.54) is 49.8 Å². The van der Waals surface area contributed by atoms with Crippen molar-refractivity contribution in [1.82, 2.24) is 0 Å². The van der Waals surface area contributed by atoms with E-state index < -0.39 is 0 Å². The molecule has 33 heavy (non-hydrogen) atoms. The predicted octanol–water partition coefficient (Wildman–Crippen LogP) is 6.97. The first-order valence-corrected chi connectivity index (χ1v) is 14.3. The average molecular weight is 584 g/mol. The highest BCUT2D eigenvalue weighted by molar-refractivity contribution is 9.12. The number of carbonyl (C=O) groups is 3. The first-order valence-electron chi connectivity index (χ1n) is 12.5. The molecule has 1 saturated heterocycles. The maximum Gasteiger partial charge on any atom is 0.237 e. The lowest BCUT2D eigenvalue weighted by Gasteiger charge is -2.29. The number of imide groups is 1. The lowest BCUT2D eigenvalue weighted by molar-refractivity contribution is -0.122. The molecule has 2 aliphatic rings. The number of hydrogen-bond donors (Lipinski definition) is 1. The summed E-state index contributed by atoms with van der Waals surface area (Å²) in [5, 5.41) is 2.93. The summed E-state index contributed by atoms with van der Waals surface area (Å²) in [6, 6.07) is 7.09. The zero-order chi connectivity index (χ0) is 23.8. The number of benzene rings is 1. The van der Waals surface area contributed by atoms with Crippen LogP contribution in [-0.2, 0) is 14.4 Å². The molecule has 0 aromatic heterocycles. The van der Waals surface area contributed by atoms with Gasteiger partial charge in [-0.15, -0.1) is 0 Å². The van der Waals surface area contributed by atoms with E-state index >= 15 is 0 Å². The summed E-state index contributed by atoms with van der Waals surface area (Å²) >= 11 is 7.25. The first-order chi connectivity index (χ1) is 15.9. The van der Waals surface area contributed by atoms with Gasteiger partial charge < -0.3 is 5.32 Å². The molecule has 3 rings (SSSR count). The molecular formula is C26H36Br2N2O3. The van der Waals surface area contributed by atoms with E-state index in [9.17, 15) is 14.4 Å². The molecule has 1 aromatic carbocycles. The van der Waals surface area contributed by atoms with Gasteiger partial charge >= 0.3 is 0 Å². The zero-order valence-corrected chi connectivity index (χ0v) is 22.7. The molecule has 3 amide bonds. The van der Waals surface area contributed by atoms with Gasteiger partial charge in [0.15, 0.2) is 0 Å². The van der Waals surface area contributed by atoms with Gasteiger partial charge in [0.25, 0.3) is 0 Å². The summed E-state index contributed by atoms with van der Waals surface area (Å²) in [6.07, 6.45) is 12.7. The van der Waals surface area contributed by atoms with E-state index in [0.717, 1.165) is 12.8 Å². The van der Waals surface area contributed by atoms with Gasteiger partial charge in [-0.1, -0.05) is 96.2 Å². The van der Waals surface area contributed by atoms with E-state index in [0.29, 0.717) is 30.6 Å². The van der Waals surface area contributed by atoms with Crippen molar-refractivity contribution in [3.05, 3.63) is 24.3 Å². The maximum atomic E-state index is 13.0. The monoisotopic (exact) mass is 582 g/mol. The van der Waals surface area contributed by atoms with E-state index in [2.05, 4.69) is 44.1 Å². The Labute approximate surface area is 214 Å². The van der Waals surface area contributed by atoms with E-state index in [1.54, 1.807) is 24.3 Å². The van der Waals surface area contributed by atoms with Crippen LogP contribution in [0.25, 0.3) is 0 Å². The number of amides is 3. The van der Waals surface area contributed by atoms with Crippen molar-refractivity contribution in [3.8, 4) is 0 Å². The van der Waals surface area contributed by atoms with Crippen LogP contribution < -0.4 is 10.2 Å². The van der Waals surface area contributed by atoms with Crippen molar-refractivity contribution in [2.45, 2.75) is 93.6 Å². The Kier molecular flexibility index (Phi) is 10.4. The molecule has 1 saturated carbocycles. The number of nitrogens with one attached hydrogen (secondary N) is 1. The lowest BCUT2D eigenvalue weighted by Crippen LogP contribution is -2.34. The van der Waals surface area contributed by atoms with Crippen LogP contribution in [0.1, 0.15) is 84.0 Å². The third kappa shape index (κ3) is 7.14. The van der Waals surface area contributed by atoms with Crippen LogP contribution >= 0.6 is 31.9 Å². The Hall–Kier alpha value is -1.21. The highest BCUT2D eigenvalue weighted by Gasteiger charge is 2.52. The van der Waals surface area contributed by atoms with E-state index in [1.807, 2.05) is 0 Å². The molecule has 1 N–H and O–H groups in total. The summed E-state index contributed by atoms with van der Waals surface area (Å²) in [5.41, 5.74) is 1.16. The molecule has 2 fully saturated rings. The number of halogens is 2. The molecule has 5 nitrogen and oxygen atoms in total. The lowest BCUT2D eigenvalue weighted by atomic mass is 9.81. The Morgan fingerprint density at radius 1 is 0.909 bits per heavy atom. The fourth-order valence-electron chi connectivity index (χ4n) is 4.89. The number of carbonyl (C=O) groups excluding carboxylic acids is 3. The maximum absolute atomic E-state index is 13.0. The van der Waals surface area contributed by atoms with Crippen molar-refractivity contribution in [1.29, 1.82) is 0 Å². The van der Waals surface area contributed by atoms with Crippen LogP contribution in [0, 0.1) is 11.8 Å². The molecule has 0 radical (unpaired) electrons. The smallest absolute Gasteiger partial charge is 0.237 e. The minimum Gasteiger partial charge on any atom is -0.326 e. The summed E-state index contributed by atoms with van der Waals surface area (Å²) < 4.78 is 0. The second-order valence-electron chi connectivity index (χ2n) is 9.41. The number of anilines is 2. The Balaban J connectivity index is 1.46. The van der Waals surface area contributed by atoms with Crippen LogP contribution in [0.4, 0.5) is 11.4 Å². The third-order valence-corrected chi connectivity index (χ3v) is 9.54. The fourth-order valence-corrected chi connectivity index (χ4v) is 6.13. The molecule has 4 atom stereocenters. The van der Waals surface area contributed by atoms with E-state index in [-0.39, 0.29) is 39.2 Å². The summed E-state index contributed by atoms with van der Waals surface area (Å²) in [7, 11) is 0. The molecule has 182 valence electrons. The SMILES string of the molecule is CCCCCCCCCCCC(=O)Nc1cccc(N2C(=O)[C@@H]3C[C@H](Br)[C@@H](Br)C[C@H]3C2=O)c1. The van der Waals surface area contributed by atoms with Gasteiger partial charge in [-0.3, -0.25) is 14.4 Å². The molecular weight excluding hydrogens is 548 g/mol. The highest BCUT2D eigenvalue weighted by atomic mass is 79.9. The topological polar surface area (TPSA) is 66.5 Å². The van der Waals surface area contributed by atoms with Crippen LogP contribution in [0.5, 0.6) is 0 Å². The largest absolute Gasteiger partial charge is 0.326 e. The second-order valence-corrected chi connectivity index (χ2v) is 11.8. The Morgan fingerprint density at radius 2 is 1.45 bits per heavy atom. The molecule has 1 heterocycles. The van der Waals surface area contributed by atoms with Gasteiger partial charge in [0.05, 0.1) is 17.5 Å². The van der Waals surface area contributed by atoms with E-state index in [4.69, 9.17) is 0 Å². The van der Waals surface area contributed by atoms with Crippen LogP contribution in [0.2, 0.25) is 0 Å². The standard InChI is InChI=1S/C26H36Br2N2O3/c1-2-3-4-5-6-7-8-9-10-14-24(31)29-18-12-11-13-19(15-18)30-25(32)20-16-22(27)23(28)17-21(20)26(30)33/h11-13,15,20-23H,2-10,14,16-17H2,1H3,(H,29,31)/t20-,21-,22+,23+/m1/s1. The summed E-state index contributed by atoms with van der Waals surface area (Å²) in [6.45, 7) is 2.23. The average Bonchev–Trinajstić information content (AvgIpc) is 3.02. The number of hydrogen-bond acceptors (Lipinski definition) is 3. The zero-order valence-electron chi connectivity index (χ0n) is 19.5. The molecule has 1 aliphatic heterocycles. The molecule has 1 aliphatic carbocycles. The second kappa shape index (κ2) is 13.0. The Morgan fingerprint density at radius 3 is 2.03 bits per heavy atom.